The van der Waals surface area contributed by atoms with E-state index in [1.807, 2.05) is 6.08 Å². The molecule has 1 atom stereocenters. The molecule has 0 fully saturated rings. The Kier molecular flexibility index (Phi) is 63.9. The molecule has 0 spiro atoms. The summed E-state index contributed by atoms with van der Waals surface area (Å²) in [6, 6.07) is 0. The van der Waals surface area contributed by atoms with Crippen molar-refractivity contribution in [3.05, 3.63) is 170 Å². The second-order valence-corrected chi connectivity index (χ2v) is 21.3. The summed E-state index contributed by atoms with van der Waals surface area (Å²) in [6.07, 6.45) is 101. The van der Waals surface area contributed by atoms with Crippen LogP contribution in [0.3, 0.4) is 0 Å². The lowest BCUT2D eigenvalue weighted by atomic mass is 10.1. The summed E-state index contributed by atoms with van der Waals surface area (Å²) >= 11 is 0. The average Bonchev–Trinajstić information content (AvgIpc) is 3.47. The van der Waals surface area contributed by atoms with E-state index in [1.165, 1.54) is 89.9 Å². The molecule has 0 saturated heterocycles. The highest BCUT2D eigenvalue weighted by atomic mass is 16.6. The molecule has 1 unspecified atom stereocenters. The Morgan fingerprint density at radius 3 is 0.854 bits per heavy atom. The second-order valence-electron chi connectivity index (χ2n) is 21.3. The molecule has 0 aromatic carbocycles. The van der Waals surface area contributed by atoms with Crippen LogP contribution in [0.25, 0.3) is 0 Å². The first-order valence-electron chi connectivity index (χ1n) is 33.1. The van der Waals surface area contributed by atoms with Crippen LogP contribution in [0, 0.1) is 0 Å². The number of unbranched alkanes of at least 4 members (excludes halogenated alkanes) is 20. The maximum Gasteiger partial charge on any atom is 0.309 e. The Labute approximate surface area is 504 Å². The molecule has 0 rings (SSSR count). The summed E-state index contributed by atoms with van der Waals surface area (Å²) in [5, 5.41) is 0. The minimum Gasteiger partial charge on any atom is -0.462 e. The molecule has 460 valence electrons. The molecule has 0 aliphatic carbocycles. The van der Waals surface area contributed by atoms with Gasteiger partial charge in [-0.05, 0) is 135 Å². The molecule has 0 aliphatic rings. The number of ether oxygens (including phenoxy) is 3. The number of carbonyl (C=O) groups excluding carboxylic acids is 3. The molecule has 6 nitrogen and oxygen atoms in total. The van der Waals surface area contributed by atoms with Gasteiger partial charge in [0.2, 0.25) is 0 Å². The fourth-order valence-corrected chi connectivity index (χ4v) is 8.58. The molecule has 82 heavy (non-hydrogen) atoms. The average molecular weight is 1130 g/mol. The molecular weight excluding hydrogens is 1010 g/mol. The molecule has 0 aliphatic heterocycles. The van der Waals surface area contributed by atoms with Crippen molar-refractivity contribution in [2.45, 2.75) is 277 Å². The molecule has 0 amide bonds. The van der Waals surface area contributed by atoms with E-state index in [1.54, 1.807) is 6.08 Å². The number of esters is 3. The van der Waals surface area contributed by atoms with Crippen molar-refractivity contribution in [2.24, 2.45) is 0 Å². The van der Waals surface area contributed by atoms with Crippen molar-refractivity contribution in [3.63, 3.8) is 0 Å². The van der Waals surface area contributed by atoms with E-state index in [0.717, 1.165) is 141 Å². The van der Waals surface area contributed by atoms with Gasteiger partial charge in [0.25, 0.3) is 0 Å². The van der Waals surface area contributed by atoms with E-state index in [-0.39, 0.29) is 31.6 Å². The Bertz CT molecular complexity index is 1870. The van der Waals surface area contributed by atoms with Crippen LogP contribution in [0.1, 0.15) is 271 Å². The molecule has 0 saturated carbocycles. The Hall–Kier alpha value is -5.23. The highest BCUT2D eigenvalue weighted by Gasteiger charge is 2.19. The Balaban J connectivity index is 4.41. The minimum atomic E-state index is -0.834. The summed E-state index contributed by atoms with van der Waals surface area (Å²) in [5.41, 5.74) is 0. The Morgan fingerprint density at radius 2 is 0.524 bits per heavy atom. The maximum absolute atomic E-state index is 12.9. The summed E-state index contributed by atoms with van der Waals surface area (Å²) in [6.45, 7) is 6.29. The van der Waals surface area contributed by atoms with Crippen molar-refractivity contribution >= 4 is 17.9 Å². The van der Waals surface area contributed by atoms with Crippen LogP contribution in [0.2, 0.25) is 0 Å². The highest BCUT2D eigenvalue weighted by molar-refractivity contribution is 5.72. The van der Waals surface area contributed by atoms with E-state index in [2.05, 4.69) is 179 Å². The van der Waals surface area contributed by atoms with Gasteiger partial charge in [0.1, 0.15) is 13.2 Å². The third-order valence-corrected chi connectivity index (χ3v) is 13.5. The van der Waals surface area contributed by atoms with Gasteiger partial charge in [0.15, 0.2) is 6.10 Å². The van der Waals surface area contributed by atoms with Gasteiger partial charge in [0, 0.05) is 12.8 Å². The predicted octanol–water partition coefficient (Wildman–Crippen LogP) is 23.0. The standard InChI is InChI=1S/C76H120O6/c1-4-7-10-13-16-19-22-25-28-30-32-33-34-35-36-37-38-39-40-41-42-43-44-46-48-51-54-57-60-63-66-69-75(78)81-72-73(71-80-74(77)68-65-62-59-56-53-50-47-27-24-21-18-15-12-9-6-3)82-76(79)70-67-64-61-58-55-52-49-45-31-29-26-23-20-17-14-11-8-5-2/h7,9-10,12,16,18-21,23,25,27-29,31-33,35-36,38-39,41-42,47,53,56,62,65,73H,4-6,8,11,13-15,17,22,24,26,30,34,37,40,43-46,48-52,54-55,57-61,63-64,66-72H2,1-3H3/b10-7-,12-9-,19-16-,21-18-,23-20-,28-25-,31-29-,33-32-,36-35-,39-38-,42-41-,47-27-,56-53-,65-62-. The minimum absolute atomic E-state index is 0.117. The molecule has 6 heteroatoms. The molecule has 0 radical (unpaired) electrons. The summed E-state index contributed by atoms with van der Waals surface area (Å²) in [5.74, 6) is -1.07. The van der Waals surface area contributed by atoms with Gasteiger partial charge in [-0.1, -0.05) is 287 Å². The SMILES string of the molecule is CC/C=C\C/C=C\C/C=C\C/C=C\C/C=C\C/C=C\C/C=C\CCCCCCCCCCCC(=O)OCC(COC(=O)C/C=C\C/C=C\C/C=C\C/C=C\C/C=C\CC)OC(=O)CCCCCCCCC/C=C\C/C=C\CCCCCC. The third-order valence-electron chi connectivity index (χ3n) is 13.5. The zero-order valence-electron chi connectivity index (χ0n) is 52.7. The highest BCUT2D eigenvalue weighted by Crippen LogP contribution is 2.15. The molecule has 0 bridgehead atoms. The quantitative estimate of drug-likeness (QED) is 0.0261. The number of rotatable bonds is 58. The van der Waals surface area contributed by atoms with Crippen LogP contribution in [0.15, 0.2) is 170 Å². The molecular formula is C76H120O6. The first kappa shape index (κ1) is 76.8. The van der Waals surface area contributed by atoms with Crippen molar-refractivity contribution in [2.75, 3.05) is 13.2 Å². The van der Waals surface area contributed by atoms with Crippen LogP contribution in [0.5, 0.6) is 0 Å². The van der Waals surface area contributed by atoms with Crippen LogP contribution in [0.4, 0.5) is 0 Å². The number of hydrogen-bond donors (Lipinski definition) is 0. The van der Waals surface area contributed by atoms with Crippen molar-refractivity contribution in [1.29, 1.82) is 0 Å². The van der Waals surface area contributed by atoms with Crippen LogP contribution in [-0.2, 0) is 28.6 Å². The zero-order valence-corrected chi connectivity index (χ0v) is 52.7. The van der Waals surface area contributed by atoms with Gasteiger partial charge in [-0.15, -0.1) is 0 Å². The lowest BCUT2D eigenvalue weighted by Gasteiger charge is -2.18. The second kappa shape index (κ2) is 68.3. The van der Waals surface area contributed by atoms with Crippen molar-refractivity contribution < 1.29 is 28.6 Å². The van der Waals surface area contributed by atoms with Gasteiger partial charge >= 0.3 is 17.9 Å². The maximum atomic E-state index is 12.9. The van der Waals surface area contributed by atoms with Crippen LogP contribution in [-0.4, -0.2) is 37.2 Å². The van der Waals surface area contributed by atoms with E-state index in [4.69, 9.17) is 14.2 Å². The lowest BCUT2D eigenvalue weighted by molar-refractivity contribution is -0.166. The van der Waals surface area contributed by atoms with Gasteiger partial charge in [0.05, 0.1) is 6.42 Å². The fraction of sp³-hybridized carbons (Fsp3) is 0.592. The zero-order chi connectivity index (χ0) is 59.2. The number of allylic oxidation sites excluding steroid dienone is 27. The van der Waals surface area contributed by atoms with Crippen molar-refractivity contribution in [1.82, 2.24) is 0 Å². The molecule has 0 aromatic heterocycles. The topological polar surface area (TPSA) is 78.9 Å². The molecule has 0 aromatic rings. The monoisotopic (exact) mass is 1130 g/mol. The summed E-state index contributed by atoms with van der Waals surface area (Å²) in [7, 11) is 0. The smallest absolute Gasteiger partial charge is 0.309 e. The molecule has 0 heterocycles. The van der Waals surface area contributed by atoms with Gasteiger partial charge < -0.3 is 14.2 Å². The molecule has 0 N–H and O–H groups in total. The third kappa shape index (κ3) is 65.6. The fourth-order valence-electron chi connectivity index (χ4n) is 8.58. The summed E-state index contributed by atoms with van der Waals surface area (Å²) < 4.78 is 16.8. The van der Waals surface area contributed by atoms with E-state index >= 15 is 0 Å². The van der Waals surface area contributed by atoms with E-state index in [9.17, 15) is 14.4 Å². The van der Waals surface area contributed by atoms with Gasteiger partial charge in [-0.2, -0.15) is 0 Å². The first-order chi connectivity index (χ1) is 40.5. The van der Waals surface area contributed by atoms with Crippen LogP contribution < -0.4 is 0 Å². The largest absolute Gasteiger partial charge is 0.462 e. The summed E-state index contributed by atoms with van der Waals surface area (Å²) in [4.78, 5) is 38.3. The van der Waals surface area contributed by atoms with E-state index in [0.29, 0.717) is 12.8 Å². The van der Waals surface area contributed by atoms with Gasteiger partial charge in [-0.25, -0.2) is 0 Å². The Morgan fingerprint density at radius 1 is 0.268 bits per heavy atom. The lowest BCUT2D eigenvalue weighted by Crippen LogP contribution is -2.30. The van der Waals surface area contributed by atoms with Gasteiger partial charge in [-0.3, -0.25) is 14.4 Å². The normalized spacial score (nSPS) is 13.3. The first-order valence-corrected chi connectivity index (χ1v) is 33.1. The predicted molar refractivity (Wildman–Crippen MR) is 357 cm³/mol. The van der Waals surface area contributed by atoms with Crippen LogP contribution >= 0.6 is 0 Å². The van der Waals surface area contributed by atoms with Crippen molar-refractivity contribution in [3.8, 4) is 0 Å². The number of hydrogen-bond acceptors (Lipinski definition) is 6. The number of carbonyl (C=O) groups is 3. The van der Waals surface area contributed by atoms with E-state index < -0.39 is 12.1 Å².